The molecule has 0 aromatic heterocycles. The summed E-state index contributed by atoms with van der Waals surface area (Å²) in [7, 11) is 0. The second-order valence-corrected chi connectivity index (χ2v) is 6.21. The highest BCUT2D eigenvalue weighted by Gasteiger charge is 2.11. The van der Waals surface area contributed by atoms with Gasteiger partial charge in [-0.25, -0.2) is 0 Å². The van der Waals surface area contributed by atoms with Gasteiger partial charge in [0, 0.05) is 23.0 Å². The average Bonchev–Trinajstić information content (AvgIpc) is 2.38. The van der Waals surface area contributed by atoms with Gasteiger partial charge in [0.1, 0.15) is 0 Å². The first-order valence-corrected chi connectivity index (χ1v) is 8.06. The molecule has 2 rings (SSSR count). The van der Waals surface area contributed by atoms with Crippen LogP contribution in [0.3, 0.4) is 0 Å². The first kappa shape index (κ1) is 14.7. The van der Waals surface area contributed by atoms with Crippen molar-refractivity contribution in [3.63, 3.8) is 0 Å². The van der Waals surface area contributed by atoms with E-state index in [9.17, 15) is 4.79 Å². The zero-order valence-corrected chi connectivity index (χ0v) is 13.0. The summed E-state index contributed by atoms with van der Waals surface area (Å²) in [6.07, 6.45) is 7.28. The molecule has 1 aromatic rings. The summed E-state index contributed by atoms with van der Waals surface area (Å²) in [6.45, 7) is 3.23. The molecular formula is C16H22BrNO. The predicted molar refractivity (Wildman–Crippen MR) is 82.6 cm³/mol. The standard InChI is InChI=1S/C16H22BrNO/c17-15-8-6-14(7-9-15)16(19)10-13-18-11-4-2-1-3-5-12-18/h6-9H,1-5,10-13H2. The summed E-state index contributed by atoms with van der Waals surface area (Å²) in [5.41, 5.74) is 0.829. The molecule has 0 atom stereocenters. The van der Waals surface area contributed by atoms with Crippen molar-refractivity contribution < 1.29 is 4.79 Å². The molecule has 0 unspecified atom stereocenters. The van der Waals surface area contributed by atoms with Crippen molar-refractivity contribution in [3.8, 4) is 0 Å². The lowest BCUT2D eigenvalue weighted by molar-refractivity contribution is 0.0962. The molecule has 3 heteroatoms. The predicted octanol–water partition coefficient (Wildman–Crippen LogP) is 4.29. The Kier molecular flexibility index (Phi) is 6.05. The van der Waals surface area contributed by atoms with E-state index in [4.69, 9.17) is 0 Å². The lowest BCUT2D eigenvalue weighted by Gasteiger charge is -2.24. The Bertz CT molecular complexity index is 394. The quantitative estimate of drug-likeness (QED) is 0.770. The van der Waals surface area contributed by atoms with Crippen LogP contribution in [0, 0.1) is 0 Å². The van der Waals surface area contributed by atoms with Crippen molar-refractivity contribution in [1.29, 1.82) is 0 Å². The van der Waals surface area contributed by atoms with Crippen LogP contribution in [0.5, 0.6) is 0 Å². The van der Waals surface area contributed by atoms with Crippen LogP contribution in [0.4, 0.5) is 0 Å². The fourth-order valence-corrected chi connectivity index (χ4v) is 2.84. The van der Waals surface area contributed by atoms with Gasteiger partial charge in [0.25, 0.3) is 0 Å². The Morgan fingerprint density at radius 2 is 1.58 bits per heavy atom. The fraction of sp³-hybridized carbons (Fsp3) is 0.562. The van der Waals surface area contributed by atoms with Gasteiger partial charge >= 0.3 is 0 Å². The van der Waals surface area contributed by atoms with Crippen LogP contribution in [0.1, 0.15) is 48.9 Å². The van der Waals surface area contributed by atoms with E-state index in [1.807, 2.05) is 24.3 Å². The molecule has 0 aliphatic carbocycles. The Labute approximate surface area is 124 Å². The Hall–Kier alpha value is -0.670. The van der Waals surface area contributed by atoms with Crippen LogP contribution in [0.15, 0.2) is 28.7 Å². The van der Waals surface area contributed by atoms with E-state index in [0.717, 1.165) is 29.7 Å². The maximum absolute atomic E-state index is 12.1. The van der Waals surface area contributed by atoms with Crippen molar-refractivity contribution in [2.24, 2.45) is 0 Å². The molecule has 1 fully saturated rings. The number of benzene rings is 1. The van der Waals surface area contributed by atoms with Gasteiger partial charge in [-0.05, 0) is 38.1 Å². The maximum atomic E-state index is 12.1. The highest BCUT2D eigenvalue weighted by molar-refractivity contribution is 9.10. The molecule has 1 aromatic carbocycles. The third kappa shape index (κ3) is 5.07. The van der Waals surface area contributed by atoms with Crippen LogP contribution in [-0.4, -0.2) is 30.3 Å². The molecule has 0 bridgehead atoms. The third-order valence-electron chi connectivity index (χ3n) is 3.77. The maximum Gasteiger partial charge on any atom is 0.164 e. The minimum absolute atomic E-state index is 0.259. The van der Waals surface area contributed by atoms with Gasteiger partial charge in [0.15, 0.2) is 5.78 Å². The molecule has 1 saturated heterocycles. The van der Waals surface area contributed by atoms with Gasteiger partial charge < -0.3 is 4.90 Å². The van der Waals surface area contributed by atoms with E-state index in [2.05, 4.69) is 20.8 Å². The van der Waals surface area contributed by atoms with Crippen molar-refractivity contribution >= 4 is 21.7 Å². The average molecular weight is 324 g/mol. The van der Waals surface area contributed by atoms with Crippen LogP contribution in [-0.2, 0) is 0 Å². The van der Waals surface area contributed by atoms with Gasteiger partial charge in [-0.3, -0.25) is 4.79 Å². The minimum Gasteiger partial charge on any atom is -0.303 e. The molecule has 2 nitrogen and oxygen atoms in total. The van der Waals surface area contributed by atoms with Gasteiger partial charge in [0.2, 0.25) is 0 Å². The summed E-state index contributed by atoms with van der Waals surface area (Å²) < 4.78 is 1.02. The monoisotopic (exact) mass is 323 g/mol. The lowest BCUT2D eigenvalue weighted by Crippen LogP contribution is -2.29. The molecule has 0 spiro atoms. The van der Waals surface area contributed by atoms with Gasteiger partial charge in [0.05, 0.1) is 0 Å². The third-order valence-corrected chi connectivity index (χ3v) is 4.30. The number of ketones is 1. The van der Waals surface area contributed by atoms with Crippen LogP contribution >= 0.6 is 15.9 Å². The van der Waals surface area contributed by atoms with E-state index in [1.54, 1.807) is 0 Å². The van der Waals surface area contributed by atoms with Gasteiger partial charge in [-0.15, -0.1) is 0 Å². The van der Waals surface area contributed by atoms with Crippen molar-refractivity contribution in [1.82, 2.24) is 4.90 Å². The first-order chi connectivity index (χ1) is 9.25. The van der Waals surface area contributed by atoms with Crippen LogP contribution < -0.4 is 0 Å². The minimum atomic E-state index is 0.259. The molecule has 0 N–H and O–H groups in total. The molecular weight excluding hydrogens is 302 g/mol. The van der Waals surface area contributed by atoms with E-state index in [-0.39, 0.29) is 5.78 Å². The number of likely N-dealkylation sites (tertiary alicyclic amines) is 1. The normalized spacial score (nSPS) is 17.7. The SMILES string of the molecule is O=C(CCN1CCCCCCC1)c1ccc(Br)cc1. The van der Waals surface area contributed by atoms with E-state index >= 15 is 0 Å². The fourth-order valence-electron chi connectivity index (χ4n) is 2.58. The zero-order valence-electron chi connectivity index (χ0n) is 11.4. The molecule has 104 valence electrons. The largest absolute Gasteiger partial charge is 0.303 e. The Morgan fingerprint density at radius 3 is 2.21 bits per heavy atom. The summed E-state index contributed by atoms with van der Waals surface area (Å²) in [6, 6.07) is 7.67. The summed E-state index contributed by atoms with van der Waals surface area (Å²) in [4.78, 5) is 14.6. The Morgan fingerprint density at radius 1 is 1.00 bits per heavy atom. The molecule has 0 saturated carbocycles. The molecule has 19 heavy (non-hydrogen) atoms. The van der Waals surface area contributed by atoms with Crippen molar-refractivity contribution in [2.45, 2.75) is 38.5 Å². The molecule has 0 radical (unpaired) electrons. The summed E-state index contributed by atoms with van der Waals surface area (Å²) in [5, 5.41) is 0. The second-order valence-electron chi connectivity index (χ2n) is 5.29. The Balaban J connectivity index is 1.80. The van der Waals surface area contributed by atoms with Gasteiger partial charge in [-0.2, -0.15) is 0 Å². The molecule has 1 heterocycles. The number of carbonyl (C=O) groups is 1. The van der Waals surface area contributed by atoms with Crippen LogP contribution in [0.25, 0.3) is 0 Å². The summed E-state index contributed by atoms with van der Waals surface area (Å²) >= 11 is 3.39. The highest BCUT2D eigenvalue weighted by atomic mass is 79.9. The van der Waals surface area contributed by atoms with Crippen molar-refractivity contribution in [2.75, 3.05) is 19.6 Å². The number of rotatable bonds is 4. The van der Waals surface area contributed by atoms with E-state index < -0.39 is 0 Å². The second kappa shape index (κ2) is 7.81. The number of halogens is 1. The first-order valence-electron chi connectivity index (χ1n) is 7.27. The van der Waals surface area contributed by atoms with Gasteiger partial charge in [-0.1, -0.05) is 47.3 Å². The van der Waals surface area contributed by atoms with Crippen LogP contribution in [0.2, 0.25) is 0 Å². The van der Waals surface area contributed by atoms with E-state index in [0.29, 0.717) is 6.42 Å². The number of carbonyl (C=O) groups excluding carboxylic acids is 1. The topological polar surface area (TPSA) is 20.3 Å². The highest BCUT2D eigenvalue weighted by Crippen LogP contribution is 2.14. The van der Waals surface area contributed by atoms with E-state index in [1.165, 1.54) is 32.1 Å². The summed E-state index contributed by atoms with van der Waals surface area (Å²) in [5.74, 6) is 0.259. The lowest BCUT2D eigenvalue weighted by atomic mass is 10.1. The molecule has 0 amide bonds. The number of hydrogen-bond acceptors (Lipinski definition) is 2. The number of Topliss-reactive ketones (excluding diaryl/α,β-unsaturated/α-hetero) is 1. The molecule has 1 aliphatic heterocycles. The number of hydrogen-bond donors (Lipinski definition) is 0. The smallest absolute Gasteiger partial charge is 0.164 e. The van der Waals surface area contributed by atoms with Crippen molar-refractivity contribution in [3.05, 3.63) is 34.3 Å². The molecule has 1 aliphatic rings. The number of nitrogens with zero attached hydrogens (tertiary/aromatic N) is 1. The zero-order chi connectivity index (χ0) is 13.5.